The van der Waals surface area contributed by atoms with Crippen molar-refractivity contribution in [3.8, 4) is 10.6 Å². The first-order valence-corrected chi connectivity index (χ1v) is 8.38. The molecule has 1 atom stereocenters. The first-order chi connectivity index (χ1) is 10.5. The topological polar surface area (TPSA) is 66.3 Å². The molecule has 5 nitrogen and oxygen atoms in total. The van der Waals surface area contributed by atoms with Gasteiger partial charge in [0, 0.05) is 28.7 Å². The Hall–Kier alpha value is -1.37. The molecule has 0 aliphatic carbocycles. The molecule has 8 heteroatoms. The maximum atomic E-state index is 11.1. The summed E-state index contributed by atoms with van der Waals surface area (Å²) in [4.78, 5) is 13.1. The van der Waals surface area contributed by atoms with Gasteiger partial charge in [-0.2, -0.15) is 0 Å². The summed E-state index contributed by atoms with van der Waals surface area (Å²) in [6.07, 6.45) is 1.55. The fourth-order valence-electron chi connectivity index (χ4n) is 2.49. The van der Waals surface area contributed by atoms with Gasteiger partial charge in [0.1, 0.15) is 5.01 Å². The number of hydrogen-bond donors (Lipinski definition) is 1. The smallest absolute Gasteiger partial charge is 0.308 e. The van der Waals surface area contributed by atoms with Crippen molar-refractivity contribution in [1.29, 1.82) is 0 Å². The van der Waals surface area contributed by atoms with Crippen LogP contribution in [-0.4, -0.2) is 34.4 Å². The highest BCUT2D eigenvalue weighted by Gasteiger charge is 2.27. The second-order valence-electron chi connectivity index (χ2n) is 5.17. The van der Waals surface area contributed by atoms with Crippen molar-refractivity contribution < 1.29 is 9.90 Å². The molecule has 2 heterocycles. The number of rotatable bonds is 3. The summed E-state index contributed by atoms with van der Waals surface area (Å²) in [5.41, 5.74) is 0.813. The Labute approximate surface area is 141 Å². The zero-order chi connectivity index (χ0) is 15.7. The average Bonchev–Trinajstić information content (AvgIpc) is 2.96. The second-order valence-corrected chi connectivity index (χ2v) is 7.00. The van der Waals surface area contributed by atoms with Gasteiger partial charge in [0.2, 0.25) is 5.13 Å². The summed E-state index contributed by atoms with van der Waals surface area (Å²) in [6, 6.07) is 5.23. The summed E-state index contributed by atoms with van der Waals surface area (Å²) in [5, 5.41) is 20.1. The monoisotopic (exact) mass is 357 g/mol. The highest BCUT2D eigenvalue weighted by atomic mass is 35.5. The molecule has 1 fully saturated rings. The SMILES string of the molecule is O=C(O)C1CCCN(c2nnc(-c3cc(Cl)cc(Cl)c3)s2)C1. The lowest BCUT2D eigenvalue weighted by Crippen LogP contribution is -2.38. The Bertz CT molecular complexity index is 687. The number of aromatic nitrogens is 2. The first kappa shape index (κ1) is 15.5. The maximum absolute atomic E-state index is 11.1. The highest BCUT2D eigenvalue weighted by Crippen LogP contribution is 2.33. The molecule has 2 aromatic rings. The normalized spacial score (nSPS) is 18.5. The summed E-state index contributed by atoms with van der Waals surface area (Å²) in [6.45, 7) is 1.27. The van der Waals surface area contributed by atoms with Crippen LogP contribution in [0, 0.1) is 5.92 Å². The number of carboxylic acids is 1. The van der Waals surface area contributed by atoms with E-state index in [4.69, 9.17) is 28.3 Å². The van der Waals surface area contributed by atoms with Crippen LogP contribution in [0.1, 0.15) is 12.8 Å². The maximum Gasteiger partial charge on any atom is 0.308 e. The number of halogens is 2. The van der Waals surface area contributed by atoms with Gasteiger partial charge in [-0.3, -0.25) is 4.79 Å². The van der Waals surface area contributed by atoms with E-state index in [0.29, 0.717) is 23.0 Å². The minimum atomic E-state index is -0.754. The summed E-state index contributed by atoms with van der Waals surface area (Å²) < 4.78 is 0. The number of benzene rings is 1. The molecular weight excluding hydrogens is 345 g/mol. The van der Waals surface area contributed by atoms with Crippen molar-refractivity contribution in [3.63, 3.8) is 0 Å². The zero-order valence-electron chi connectivity index (χ0n) is 11.5. The Morgan fingerprint density at radius 1 is 1.27 bits per heavy atom. The molecule has 1 aliphatic rings. The van der Waals surface area contributed by atoms with Crippen LogP contribution in [0.15, 0.2) is 18.2 Å². The van der Waals surface area contributed by atoms with E-state index < -0.39 is 5.97 Å². The Morgan fingerprint density at radius 3 is 2.68 bits per heavy atom. The fraction of sp³-hybridized carbons (Fsp3) is 0.357. The number of carbonyl (C=O) groups is 1. The van der Waals surface area contributed by atoms with Gasteiger partial charge < -0.3 is 10.0 Å². The van der Waals surface area contributed by atoms with Crippen molar-refractivity contribution in [1.82, 2.24) is 10.2 Å². The molecule has 0 bridgehead atoms. The van der Waals surface area contributed by atoms with Crippen LogP contribution in [0.2, 0.25) is 10.0 Å². The predicted molar refractivity (Wildman–Crippen MR) is 87.9 cm³/mol. The summed E-state index contributed by atoms with van der Waals surface area (Å²) >= 11 is 13.4. The number of anilines is 1. The van der Waals surface area contributed by atoms with E-state index in [9.17, 15) is 4.79 Å². The molecule has 0 saturated carbocycles. The van der Waals surface area contributed by atoms with Gasteiger partial charge in [0.15, 0.2) is 0 Å². The Kier molecular flexibility index (Phi) is 4.52. The quantitative estimate of drug-likeness (QED) is 0.904. The van der Waals surface area contributed by atoms with E-state index in [-0.39, 0.29) is 5.92 Å². The molecule has 1 aromatic heterocycles. The molecule has 22 heavy (non-hydrogen) atoms. The van der Waals surface area contributed by atoms with E-state index in [0.717, 1.165) is 28.7 Å². The van der Waals surface area contributed by atoms with Crippen molar-refractivity contribution in [2.45, 2.75) is 12.8 Å². The first-order valence-electron chi connectivity index (χ1n) is 6.80. The number of hydrogen-bond acceptors (Lipinski definition) is 5. The van der Waals surface area contributed by atoms with Crippen LogP contribution in [0.5, 0.6) is 0 Å². The number of aliphatic carboxylic acids is 1. The lowest BCUT2D eigenvalue weighted by Gasteiger charge is -2.29. The average molecular weight is 358 g/mol. The summed E-state index contributed by atoms with van der Waals surface area (Å²) in [7, 11) is 0. The minimum Gasteiger partial charge on any atom is -0.481 e. The third kappa shape index (κ3) is 3.34. The van der Waals surface area contributed by atoms with E-state index in [1.807, 2.05) is 4.90 Å². The number of piperidine rings is 1. The van der Waals surface area contributed by atoms with E-state index in [1.165, 1.54) is 11.3 Å². The molecule has 1 aromatic carbocycles. The van der Waals surface area contributed by atoms with Crippen molar-refractivity contribution in [3.05, 3.63) is 28.2 Å². The molecular formula is C14H13Cl2N3O2S. The van der Waals surface area contributed by atoms with Gasteiger partial charge >= 0.3 is 5.97 Å². The Balaban J connectivity index is 1.82. The van der Waals surface area contributed by atoms with Gasteiger partial charge in [-0.15, -0.1) is 10.2 Å². The van der Waals surface area contributed by atoms with Crippen molar-refractivity contribution >= 4 is 45.6 Å². The fourth-order valence-corrected chi connectivity index (χ4v) is 3.88. The van der Waals surface area contributed by atoms with E-state index in [2.05, 4.69) is 10.2 Å². The molecule has 1 unspecified atom stereocenters. The molecule has 1 aliphatic heterocycles. The van der Waals surface area contributed by atoms with Gasteiger partial charge in [-0.1, -0.05) is 34.5 Å². The zero-order valence-corrected chi connectivity index (χ0v) is 13.8. The van der Waals surface area contributed by atoms with E-state index >= 15 is 0 Å². The third-order valence-corrected chi connectivity index (χ3v) is 5.03. The van der Waals surface area contributed by atoms with Gasteiger partial charge in [0.05, 0.1) is 5.92 Å². The highest BCUT2D eigenvalue weighted by molar-refractivity contribution is 7.18. The molecule has 116 valence electrons. The summed E-state index contributed by atoms with van der Waals surface area (Å²) in [5.74, 6) is -1.10. The molecule has 0 spiro atoms. The third-order valence-electron chi connectivity index (χ3n) is 3.56. The lowest BCUT2D eigenvalue weighted by molar-refractivity contribution is -0.141. The lowest BCUT2D eigenvalue weighted by atomic mass is 9.99. The largest absolute Gasteiger partial charge is 0.481 e. The van der Waals surface area contributed by atoms with Crippen LogP contribution in [-0.2, 0) is 4.79 Å². The van der Waals surface area contributed by atoms with Crippen molar-refractivity contribution in [2.24, 2.45) is 5.92 Å². The minimum absolute atomic E-state index is 0.346. The number of nitrogens with zero attached hydrogens (tertiary/aromatic N) is 3. The van der Waals surface area contributed by atoms with Crippen LogP contribution >= 0.6 is 34.5 Å². The predicted octanol–water partition coefficient (Wildman–Crippen LogP) is 3.81. The van der Waals surface area contributed by atoms with E-state index in [1.54, 1.807) is 18.2 Å². The Morgan fingerprint density at radius 2 is 2.00 bits per heavy atom. The van der Waals surface area contributed by atoms with Crippen LogP contribution < -0.4 is 4.90 Å². The molecule has 1 saturated heterocycles. The molecule has 0 radical (unpaired) electrons. The standard InChI is InChI=1S/C14H13Cl2N3O2S/c15-10-4-9(5-11(16)6-10)12-17-18-14(22-12)19-3-1-2-8(7-19)13(20)21/h4-6,8H,1-3,7H2,(H,20,21). The molecule has 0 amide bonds. The van der Waals surface area contributed by atoms with Crippen LogP contribution in [0.3, 0.4) is 0 Å². The van der Waals surface area contributed by atoms with Gasteiger partial charge in [0.25, 0.3) is 0 Å². The van der Waals surface area contributed by atoms with Gasteiger partial charge in [-0.25, -0.2) is 0 Å². The van der Waals surface area contributed by atoms with Crippen LogP contribution in [0.4, 0.5) is 5.13 Å². The van der Waals surface area contributed by atoms with Gasteiger partial charge in [-0.05, 0) is 31.0 Å². The molecule has 1 N–H and O–H groups in total. The van der Waals surface area contributed by atoms with Crippen LogP contribution in [0.25, 0.3) is 10.6 Å². The number of carboxylic acid groups (broad SMARTS) is 1. The second kappa shape index (κ2) is 6.40. The molecule has 3 rings (SSSR count). The van der Waals surface area contributed by atoms with Crippen molar-refractivity contribution in [2.75, 3.05) is 18.0 Å².